The first-order valence-electron chi connectivity index (χ1n) is 7.72. The summed E-state index contributed by atoms with van der Waals surface area (Å²) in [5.74, 6) is 1.11. The second-order valence-electron chi connectivity index (χ2n) is 5.05. The van der Waals surface area contributed by atoms with Crippen molar-refractivity contribution in [2.24, 2.45) is 0 Å². The van der Waals surface area contributed by atoms with Crippen LogP contribution in [0.2, 0.25) is 0 Å². The van der Waals surface area contributed by atoms with Crippen LogP contribution in [0.3, 0.4) is 0 Å². The van der Waals surface area contributed by atoms with Crippen LogP contribution >= 0.6 is 0 Å². The van der Waals surface area contributed by atoms with Crippen LogP contribution in [0.25, 0.3) is 5.69 Å². The molecular formula is C17H17N5O3. The number of hydrogen-bond acceptors (Lipinski definition) is 6. The molecule has 0 saturated carbocycles. The molecule has 0 aliphatic carbocycles. The van der Waals surface area contributed by atoms with E-state index in [0.717, 1.165) is 11.4 Å². The van der Waals surface area contributed by atoms with Gasteiger partial charge in [-0.3, -0.25) is 4.79 Å². The molecule has 1 amide bonds. The van der Waals surface area contributed by atoms with Gasteiger partial charge in [-0.15, -0.1) is 5.10 Å². The zero-order valence-corrected chi connectivity index (χ0v) is 13.4. The van der Waals surface area contributed by atoms with Gasteiger partial charge in [-0.25, -0.2) is 4.68 Å². The van der Waals surface area contributed by atoms with Crippen LogP contribution < -0.4 is 14.8 Å². The Morgan fingerprint density at radius 2 is 1.88 bits per heavy atom. The third kappa shape index (κ3) is 5.03. The zero-order chi connectivity index (χ0) is 17.3. The van der Waals surface area contributed by atoms with Gasteiger partial charge in [-0.1, -0.05) is 24.3 Å². The molecule has 0 unspecified atom stereocenters. The predicted octanol–water partition coefficient (Wildman–Crippen LogP) is 1.24. The van der Waals surface area contributed by atoms with Crippen molar-refractivity contribution in [1.29, 1.82) is 0 Å². The number of rotatable bonds is 8. The second kappa shape index (κ2) is 8.44. The fraction of sp³-hybridized carbons (Fsp3) is 0.176. The molecule has 8 nitrogen and oxygen atoms in total. The first-order valence-corrected chi connectivity index (χ1v) is 7.72. The SMILES string of the molecule is O=C(COc1cccc(-n2cnnn2)c1)NCCOc1ccccc1. The second-order valence-corrected chi connectivity index (χ2v) is 5.05. The number of nitrogens with one attached hydrogen (secondary N) is 1. The summed E-state index contributed by atoms with van der Waals surface area (Å²) < 4.78 is 12.5. The maximum Gasteiger partial charge on any atom is 0.258 e. The molecular weight excluding hydrogens is 322 g/mol. The molecule has 0 saturated heterocycles. The average Bonchev–Trinajstić information content (AvgIpc) is 3.19. The Morgan fingerprint density at radius 3 is 2.68 bits per heavy atom. The molecule has 0 radical (unpaired) electrons. The highest BCUT2D eigenvalue weighted by Crippen LogP contribution is 2.15. The normalized spacial score (nSPS) is 10.2. The van der Waals surface area contributed by atoms with Crippen LogP contribution in [0.1, 0.15) is 0 Å². The van der Waals surface area contributed by atoms with E-state index in [9.17, 15) is 4.79 Å². The standard InChI is InChI=1S/C17H17N5O3/c23-17(18-9-10-24-15-6-2-1-3-7-15)12-25-16-8-4-5-14(11-16)22-13-19-20-21-22/h1-8,11,13H,9-10,12H2,(H,18,23). The van der Waals surface area contributed by atoms with Gasteiger partial charge < -0.3 is 14.8 Å². The zero-order valence-electron chi connectivity index (χ0n) is 13.4. The Kier molecular flexibility index (Phi) is 5.55. The lowest BCUT2D eigenvalue weighted by Crippen LogP contribution is -2.32. The molecule has 0 aliphatic heterocycles. The molecule has 2 aromatic carbocycles. The van der Waals surface area contributed by atoms with Crippen molar-refractivity contribution in [1.82, 2.24) is 25.5 Å². The van der Waals surface area contributed by atoms with Gasteiger partial charge >= 0.3 is 0 Å². The highest BCUT2D eigenvalue weighted by atomic mass is 16.5. The average molecular weight is 339 g/mol. The van der Waals surface area contributed by atoms with E-state index in [1.54, 1.807) is 18.2 Å². The monoisotopic (exact) mass is 339 g/mol. The van der Waals surface area contributed by atoms with E-state index in [1.807, 2.05) is 36.4 Å². The molecule has 128 valence electrons. The van der Waals surface area contributed by atoms with Gasteiger partial charge in [0, 0.05) is 6.07 Å². The third-order valence-electron chi connectivity index (χ3n) is 3.24. The topological polar surface area (TPSA) is 91.2 Å². The highest BCUT2D eigenvalue weighted by Gasteiger charge is 2.04. The number of ether oxygens (including phenoxy) is 2. The number of para-hydroxylation sites is 1. The van der Waals surface area contributed by atoms with Gasteiger partial charge in [-0.2, -0.15) is 0 Å². The Bertz CT molecular complexity index is 793. The summed E-state index contributed by atoms with van der Waals surface area (Å²) in [4.78, 5) is 11.8. The van der Waals surface area contributed by atoms with Crippen molar-refractivity contribution < 1.29 is 14.3 Å². The van der Waals surface area contributed by atoms with Crippen molar-refractivity contribution in [3.05, 3.63) is 60.9 Å². The minimum absolute atomic E-state index is 0.0790. The molecule has 0 spiro atoms. The highest BCUT2D eigenvalue weighted by molar-refractivity contribution is 5.77. The summed E-state index contributed by atoms with van der Waals surface area (Å²) in [6.07, 6.45) is 1.48. The van der Waals surface area contributed by atoms with E-state index in [0.29, 0.717) is 18.9 Å². The van der Waals surface area contributed by atoms with Gasteiger partial charge in [0.15, 0.2) is 6.61 Å². The summed E-state index contributed by atoms with van der Waals surface area (Å²) in [7, 11) is 0. The van der Waals surface area contributed by atoms with Crippen LogP contribution in [-0.2, 0) is 4.79 Å². The number of tetrazole rings is 1. The fourth-order valence-corrected chi connectivity index (χ4v) is 2.07. The summed E-state index contributed by atoms with van der Waals surface area (Å²) >= 11 is 0. The van der Waals surface area contributed by atoms with Gasteiger partial charge in [0.1, 0.15) is 24.4 Å². The fourth-order valence-electron chi connectivity index (χ4n) is 2.07. The first kappa shape index (κ1) is 16.4. The van der Waals surface area contributed by atoms with Crippen LogP contribution in [0.4, 0.5) is 0 Å². The summed E-state index contributed by atoms with van der Waals surface area (Å²) in [5.41, 5.74) is 0.749. The summed E-state index contributed by atoms with van der Waals surface area (Å²) in [6, 6.07) is 16.6. The van der Waals surface area contributed by atoms with E-state index < -0.39 is 0 Å². The molecule has 3 rings (SSSR count). The van der Waals surface area contributed by atoms with Crippen molar-refractivity contribution in [2.45, 2.75) is 0 Å². The van der Waals surface area contributed by atoms with Crippen molar-refractivity contribution in [3.8, 4) is 17.2 Å². The molecule has 8 heteroatoms. The van der Waals surface area contributed by atoms with E-state index in [2.05, 4.69) is 20.8 Å². The lowest BCUT2D eigenvalue weighted by Gasteiger charge is -2.09. The molecule has 0 atom stereocenters. The molecule has 25 heavy (non-hydrogen) atoms. The minimum atomic E-state index is -0.218. The van der Waals surface area contributed by atoms with E-state index >= 15 is 0 Å². The van der Waals surface area contributed by atoms with Crippen LogP contribution in [0, 0.1) is 0 Å². The minimum Gasteiger partial charge on any atom is -0.492 e. The van der Waals surface area contributed by atoms with Gasteiger partial charge in [-0.05, 0) is 34.7 Å². The van der Waals surface area contributed by atoms with E-state index in [1.165, 1.54) is 11.0 Å². The number of carbonyl (C=O) groups is 1. The smallest absolute Gasteiger partial charge is 0.258 e. The Morgan fingerprint density at radius 1 is 1.04 bits per heavy atom. The first-order chi connectivity index (χ1) is 12.3. The molecule has 1 N–H and O–H groups in total. The van der Waals surface area contributed by atoms with E-state index in [4.69, 9.17) is 9.47 Å². The number of aromatic nitrogens is 4. The van der Waals surface area contributed by atoms with Gasteiger partial charge in [0.05, 0.1) is 12.2 Å². The Balaban J connectivity index is 1.39. The molecule has 1 aromatic heterocycles. The molecule has 0 fully saturated rings. The Labute approximate surface area is 144 Å². The van der Waals surface area contributed by atoms with Crippen LogP contribution in [0.15, 0.2) is 60.9 Å². The van der Waals surface area contributed by atoms with E-state index in [-0.39, 0.29) is 12.5 Å². The third-order valence-corrected chi connectivity index (χ3v) is 3.24. The number of amides is 1. The number of carbonyl (C=O) groups excluding carboxylic acids is 1. The quantitative estimate of drug-likeness (QED) is 0.621. The van der Waals surface area contributed by atoms with Crippen molar-refractivity contribution in [2.75, 3.05) is 19.8 Å². The largest absolute Gasteiger partial charge is 0.492 e. The van der Waals surface area contributed by atoms with Gasteiger partial charge in [0.25, 0.3) is 5.91 Å². The van der Waals surface area contributed by atoms with Gasteiger partial charge in [0.2, 0.25) is 0 Å². The molecule has 1 heterocycles. The maximum absolute atomic E-state index is 11.8. The number of benzene rings is 2. The lowest BCUT2D eigenvalue weighted by molar-refractivity contribution is -0.123. The molecule has 0 aliphatic rings. The predicted molar refractivity (Wildman–Crippen MR) is 89.6 cm³/mol. The Hall–Kier alpha value is -3.42. The summed E-state index contributed by atoms with van der Waals surface area (Å²) in [6.45, 7) is 0.719. The molecule has 0 bridgehead atoms. The lowest BCUT2D eigenvalue weighted by atomic mass is 10.3. The number of hydrogen-bond donors (Lipinski definition) is 1. The van der Waals surface area contributed by atoms with Crippen molar-refractivity contribution >= 4 is 5.91 Å². The molecule has 3 aromatic rings. The maximum atomic E-state index is 11.8. The van der Waals surface area contributed by atoms with Crippen LogP contribution in [0.5, 0.6) is 11.5 Å². The summed E-state index contributed by atoms with van der Waals surface area (Å²) in [5, 5.41) is 13.7. The van der Waals surface area contributed by atoms with Crippen molar-refractivity contribution in [3.63, 3.8) is 0 Å². The number of nitrogens with zero attached hydrogens (tertiary/aromatic N) is 4. The van der Waals surface area contributed by atoms with Crippen LogP contribution in [-0.4, -0.2) is 45.9 Å².